The Labute approximate surface area is 158 Å². The molecular formula is C22H34N2O2. The summed E-state index contributed by atoms with van der Waals surface area (Å²) in [5, 5.41) is 8.89. The molecule has 0 radical (unpaired) electrons. The molecule has 3 rings (SSSR count). The highest BCUT2D eigenvalue weighted by atomic mass is 16.2. The first kappa shape index (κ1) is 19.4. The number of carbonyl (C=O) groups is 1. The molecule has 0 saturated carbocycles. The lowest BCUT2D eigenvalue weighted by molar-refractivity contribution is -0.140. The van der Waals surface area contributed by atoms with E-state index in [1.54, 1.807) is 0 Å². The molecule has 144 valence electrons. The van der Waals surface area contributed by atoms with E-state index >= 15 is 0 Å². The number of hydrogen-bond acceptors (Lipinski definition) is 3. The van der Waals surface area contributed by atoms with Crippen LogP contribution in [0.1, 0.15) is 56.9 Å². The average Bonchev–Trinajstić information content (AvgIpc) is 2.66. The molecule has 2 fully saturated rings. The zero-order valence-corrected chi connectivity index (χ0v) is 16.0. The van der Waals surface area contributed by atoms with Crippen LogP contribution >= 0.6 is 0 Å². The van der Waals surface area contributed by atoms with Gasteiger partial charge in [0.05, 0.1) is 0 Å². The Hall–Kier alpha value is -1.39. The predicted octanol–water partition coefficient (Wildman–Crippen LogP) is 3.44. The van der Waals surface area contributed by atoms with Gasteiger partial charge in [0.15, 0.2) is 0 Å². The number of unbranched alkanes of at least 4 members (excludes halogenated alkanes) is 3. The van der Waals surface area contributed by atoms with Gasteiger partial charge in [-0.1, -0.05) is 43.2 Å². The fourth-order valence-electron chi connectivity index (χ4n) is 4.69. The lowest BCUT2D eigenvalue weighted by Gasteiger charge is -2.48. The summed E-state index contributed by atoms with van der Waals surface area (Å²) in [6.45, 7) is 5.50. The number of amides is 1. The quantitative estimate of drug-likeness (QED) is 0.724. The molecule has 1 aromatic carbocycles. The molecule has 0 aliphatic carbocycles. The first-order chi connectivity index (χ1) is 12.7. The van der Waals surface area contributed by atoms with E-state index in [2.05, 4.69) is 34.1 Å². The van der Waals surface area contributed by atoms with E-state index in [0.29, 0.717) is 24.3 Å². The Morgan fingerprint density at radius 1 is 1.00 bits per heavy atom. The Kier molecular flexibility index (Phi) is 7.09. The summed E-state index contributed by atoms with van der Waals surface area (Å²) < 4.78 is 0. The molecule has 1 atom stereocenters. The SMILES string of the molecule is O=C1CC[C@]2(CCCN(CCCCCCO)C2)CN1Cc1ccccc1. The maximum absolute atomic E-state index is 12.5. The summed E-state index contributed by atoms with van der Waals surface area (Å²) in [6, 6.07) is 10.4. The maximum Gasteiger partial charge on any atom is 0.222 e. The van der Waals surface area contributed by atoms with E-state index in [0.717, 1.165) is 38.9 Å². The van der Waals surface area contributed by atoms with Crippen molar-refractivity contribution in [3.05, 3.63) is 35.9 Å². The zero-order chi connectivity index (χ0) is 18.2. The van der Waals surface area contributed by atoms with Crippen molar-refractivity contribution in [2.75, 3.05) is 32.8 Å². The predicted molar refractivity (Wildman–Crippen MR) is 105 cm³/mol. The molecule has 0 aromatic heterocycles. The van der Waals surface area contributed by atoms with Crippen molar-refractivity contribution in [1.29, 1.82) is 0 Å². The lowest BCUT2D eigenvalue weighted by atomic mass is 9.73. The molecule has 0 unspecified atom stereocenters. The second kappa shape index (κ2) is 9.52. The highest BCUT2D eigenvalue weighted by molar-refractivity contribution is 5.77. The number of benzene rings is 1. The van der Waals surface area contributed by atoms with Crippen molar-refractivity contribution >= 4 is 5.91 Å². The van der Waals surface area contributed by atoms with Gasteiger partial charge in [0, 0.05) is 38.1 Å². The minimum atomic E-state index is 0.298. The minimum Gasteiger partial charge on any atom is -0.396 e. The van der Waals surface area contributed by atoms with Crippen molar-refractivity contribution in [2.45, 2.75) is 57.9 Å². The fourth-order valence-corrected chi connectivity index (χ4v) is 4.69. The molecule has 0 bridgehead atoms. The Balaban J connectivity index is 1.53. The summed E-state index contributed by atoms with van der Waals surface area (Å²) >= 11 is 0. The summed E-state index contributed by atoms with van der Waals surface area (Å²) in [5.74, 6) is 0.320. The van der Waals surface area contributed by atoms with E-state index in [-0.39, 0.29) is 0 Å². The molecule has 4 nitrogen and oxygen atoms in total. The standard InChI is InChI=1S/C22H34N2O2/c25-16-7-2-1-6-14-23-15-8-12-22(18-23)13-11-21(26)24(19-22)17-20-9-4-3-5-10-20/h3-5,9-10,25H,1-2,6-8,11-19H2/t22-/m0/s1. The second-order valence-corrected chi connectivity index (χ2v) is 8.25. The van der Waals surface area contributed by atoms with Gasteiger partial charge in [-0.05, 0) is 50.8 Å². The van der Waals surface area contributed by atoms with Gasteiger partial charge < -0.3 is 14.9 Å². The van der Waals surface area contributed by atoms with Gasteiger partial charge in [0.2, 0.25) is 5.91 Å². The number of aliphatic hydroxyl groups excluding tert-OH is 1. The third-order valence-electron chi connectivity index (χ3n) is 6.09. The monoisotopic (exact) mass is 358 g/mol. The molecule has 2 aliphatic heterocycles. The summed E-state index contributed by atoms with van der Waals surface area (Å²) in [4.78, 5) is 17.2. The largest absolute Gasteiger partial charge is 0.396 e. The first-order valence-electron chi connectivity index (χ1n) is 10.4. The Bertz CT molecular complexity index is 563. The van der Waals surface area contributed by atoms with Gasteiger partial charge in [-0.25, -0.2) is 0 Å². The van der Waals surface area contributed by atoms with Gasteiger partial charge in [-0.15, -0.1) is 0 Å². The van der Waals surface area contributed by atoms with Crippen LogP contribution in [0.3, 0.4) is 0 Å². The molecule has 2 heterocycles. The topological polar surface area (TPSA) is 43.8 Å². The van der Waals surface area contributed by atoms with Crippen molar-refractivity contribution in [3.63, 3.8) is 0 Å². The van der Waals surface area contributed by atoms with E-state index < -0.39 is 0 Å². The number of carbonyl (C=O) groups excluding carboxylic acids is 1. The van der Waals surface area contributed by atoms with Crippen LogP contribution in [0.15, 0.2) is 30.3 Å². The van der Waals surface area contributed by atoms with Gasteiger partial charge in [0.25, 0.3) is 0 Å². The Morgan fingerprint density at radius 3 is 2.62 bits per heavy atom. The van der Waals surface area contributed by atoms with Crippen molar-refractivity contribution in [2.24, 2.45) is 5.41 Å². The molecule has 1 amide bonds. The molecule has 1 aromatic rings. The number of nitrogens with zero attached hydrogens (tertiary/aromatic N) is 2. The number of hydrogen-bond donors (Lipinski definition) is 1. The normalized spacial score (nSPS) is 24.3. The smallest absolute Gasteiger partial charge is 0.222 e. The van der Waals surface area contributed by atoms with Crippen LogP contribution in [0.5, 0.6) is 0 Å². The van der Waals surface area contributed by atoms with Gasteiger partial charge in [-0.2, -0.15) is 0 Å². The van der Waals surface area contributed by atoms with E-state index in [1.165, 1.54) is 44.3 Å². The van der Waals surface area contributed by atoms with Crippen LogP contribution < -0.4 is 0 Å². The molecular weight excluding hydrogens is 324 g/mol. The van der Waals surface area contributed by atoms with Crippen LogP contribution in [0.2, 0.25) is 0 Å². The average molecular weight is 359 g/mol. The summed E-state index contributed by atoms with van der Waals surface area (Å²) in [5.41, 5.74) is 1.53. The molecule has 2 aliphatic rings. The first-order valence-corrected chi connectivity index (χ1v) is 10.4. The number of piperidine rings is 2. The van der Waals surface area contributed by atoms with Gasteiger partial charge >= 0.3 is 0 Å². The zero-order valence-electron chi connectivity index (χ0n) is 16.0. The maximum atomic E-state index is 12.5. The summed E-state index contributed by atoms with van der Waals surface area (Å²) in [6.07, 6.45) is 8.77. The number of likely N-dealkylation sites (tertiary alicyclic amines) is 2. The molecule has 1 spiro atoms. The highest BCUT2D eigenvalue weighted by Gasteiger charge is 2.41. The fraction of sp³-hybridized carbons (Fsp3) is 0.682. The Morgan fingerprint density at radius 2 is 1.81 bits per heavy atom. The third kappa shape index (κ3) is 5.31. The molecule has 2 saturated heterocycles. The molecule has 4 heteroatoms. The molecule has 1 N–H and O–H groups in total. The number of rotatable bonds is 8. The van der Waals surface area contributed by atoms with E-state index in [1.807, 2.05) is 6.07 Å². The van der Waals surface area contributed by atoms with Gasteiger partial charge in [0.1, 0.15) is 0 Å². The van der Waals surface area contributed by atoms with Crippen LogP contribution in [-0.2, 0) is 11.3 Å². The van der Waals surface area contributed by atoms with Crippen molar-refractivity contribution < 1.29 is 9.90 Å². The van der Waals surface area contributed by atoms with E-state index in [4.69, 9.17) is 5.11 Å². The third-order valence-corrected chi connectivity index (χ3v) is 6.09. The highest BCUT2D eigenvalue weighted by Crippen LogP contribution is 2.39. The summed E-state index contributed by atoms with van der Waals surface area (Å²) in [7, 11) is 0. The van der Waals surface area contributed by atoms with Crippen LogP contribution in [-0.4, -0.2) is 53.6 Å². The molecule has 26 heavy (non-hydrogen) atoms. The van der Waals surface area contributed by atoms with Crippen molar-refractivity contribution in [1.82, 2.24) is 9.80 Å². The second-order valence-electron chi connectivity index (χ2n) is 8.25. The van der Waals surface area contributed by atoms with Crippen LogP contribution in [0, 0.1) is 5.41 Å². The van der Waals surface area contributed by atoms with Crippen LogP contribution in [0.4, 0.5) is 0 Å². The number of aliphatic hydroxyl groups is 1. The van der Waals surface area contributed by atoms with E-state index in [9.17, 15) is 4.79 Å². The minimum absolute atomic E-state index is 0.298. The van der Waals surface area contributed by atoms with Crippen LogP contribution in [0.25, 0.3) is 0 Å². The lowest BCUT2D eigenvalue weighted by Crippen LogP contribution is -2.53. The van der Waals surface area contributed by atoms with Crippen molar-refractivity contribution in [3.8, 4) is 0 Å². The van der Waals surface area contributed by atoms with Gasteiger partial charge in [-0.3, -0.25) is 4.79 Å².